The van der Waals surface area contributed by atoms with Crippen LogP contribution in [0.15, 0.2) is 12.4 Å². The van der Waals surface area contributed by atoms with Crippen LogP contribution in [-0.4, -0.2) is 9.97 Å². The molecule has 3 nitrogen and oxygen atoms in total. The van der Waals surface area contributed by atoms with Crippen molar-refractivity contribution in [2.75, 3.05) is 5.73 Å². The van der Waals surface area contributed by atoms with Crippen LogP contribution in [0.2, 0.25) is 0 Å². The summed E-state index contributed by atoms with van der Waals surface area (Å²) >= 11 is 2.02. The van der Waals surface area contributed by atoms with Crippen molar-refractivity contribution < 1.29 is 0 Å². The van der Waals surface area contributed by atoms with E-state index >= 15 is 0 Å². The van der Waals surface area contributed by atoms with Crippen molar-refractivity contribution >= 4 is 28.3 Å². The fourth-order valence-electron chi connectivity index (χ4n) is 0.322. The van der Waals surface area contributed by atoms with Gasteiger partial charge in [-0.1, -0.05) is 0 Å². The summed E-state index contributed by atoms with van der Waals surface area (Å²) in [6, 6.07) is 0. The molecule has 42 valence electrons. The lowest BCUT2D eigenvalue weighted by Gasteiger charge is -1.87. The third-order valence-corrected chi connectivity index (χ3v) is 1.20. The maximum Gasteiger partial charge on any atom is 0.190 e. The predicted octanol–water partition coefficient (Wildman–Crippen LogP) is 0.663. The molecule has 0 aliphatic carbocycles. The first-order chi connectivity index (χ1) is 3.79. The Morgan fingerprint density at radius 1 is 1.38 bits per heavy atom. The van der Waals surface area contributed by atoms with Crippen LogP contribution in [0.1, 0.15) is 0 Å². The van der Waals surface area contributed by atoms with Crippen molar-refractivity contribution in [1.82, 2.24) is 9.97 Å². The van der Waals surface area contributed by atoms with Crippen LogP contribution in [0.25, 0.3) is 0 Å². The first kappa shape index (κ1) is 5.74. The van der Waals surface area contributed by atoms with Gasteiger partial charge in [-0.05, 0) is 0 Å². The van der Waals surface area contributed by atoms with E-state index in [1.165, 1.54) is 0 Å². The largest absolute Gasteiger partial charge is 0.396 e. The summed E-state index contributed by atoms with van der Waals surface area (Å²) in [6.45, 7) is 0. The number of halogens is 1. The zero-order valence-electron chi connectivity index (χ0n) is 4.00. The van der Waals surface area contributed by atoms with Crippen LogP contribution >= 0.6 is 22.6 Å². The van der Waals surface area contributed by atoms with Crippen molar-refractivity contribution in [2.45, 2.75) is 0 Å². The Kier molecular flexibility index (Phi) is 1.62. The Labute approximate surface area is 60.5 Å². The summed E-state index contributed by atoms with van der Waals surface area (Å²) in [6.07, 6.45) is 3.16. The Bertz CT molecular complexity index is 150. The standard InChI is InChI=1S/C4H4IN3/c5-4-7-1-3(6)2-8-4/h1-2H,6H2. The van der Waals surface area contributed by atoms with E-state index in [1.807, 2.05) is 22.6 Å². The molecule has 0 unspecified atom stereocenters. The molecule has 0 aliphatic heterocycles. The van der Waals surface area contributed by atoms with E-state index in [0.29, 0.717) is 5.69 Å². The van der Waals surface area contributed by atoms with E-state index in [0.717, 1.165) is 3.83 Å². The van der Waals surface area contributed by atoms with Crippen LogP contribution in [0, 0.1) is 3.83 Å². The van der Waals surface area contributed by atoms with Crippen molar-refractivity contribution in [3.05, 3.63) is 16.2 Å². The maximum atomic E-state index is 5.30. The van der Waals surface area contributed by atoms with Gasteiger partial charge >= 0.3 is 0 Å². The van der Waals surface area contributed by atoms with Crippen LogP contribution in [0.3, 0.4) is 0 Å². The fourth-order valence-corrected chi connectivity index (χ4v) is 0.601. The van der Waals surface area contributed by atoms with E-state index < -0.39 is 0 Å². The van der Waals surface area contributed by atoms with Crippen LogP contribution in [0.5, 0.6) is 0 Å². The molecule has 0 atom stereocenters. The molecule has 0 aromatic carbocycles. The average molecular weight is 221 g/mol. The molecule has 0 radical (unpaired) electrons. The highest BCUT2D eigenvalue weighted by atomic mass is 127. The molecular weight excluding hydrogens is 217 g/mol. The Morgan fingerprint density at radius 3 is 2.25 bits per heavy atom. The summed E-state index contributed by atoms with van der Waals surface area (Å²) in [5, 5.41) is 0. The van der Waals surface area contributed by atoms with E-state index in [1.54, 1.807) is 12.4 Å². The van der Waals surface area contributed by atoms with Crippen LogP contribution in [0.4, 0.5) is 5.69 Å². The molecule has 0 saturated heterocycles. The second-order valence-electron chi connectivity index (χ2n) is 1.29. The Hall–Kier alpha value is -0.390. The van der Waals surface area contributed by atoms with Gasteiger partial charge < -0.3 is 5.73 Å². The van der Waals surface area contributed by atoms with E-state index in [-0.39, 0.29) is 0 Å². The minimum atomic E-state index is 0.602. The molecule has 2 N–H and O–H groups in total. The summed E-state index contributed by atoms with van der Waals surface area (Å²) < 4.78 is 0.719. The highest BCUT2D eigenvalue weighted by Gasteiger charge is 1.84. The molecular formula is C4H4IN3. The highest BCUT2D eigenvalue weighted by molar-refractivity contribution is 14.1. The Morgan fingerprint density at radius 2 is 1.88 bits per heavy atom. The topological polar surface area (TPSA) is 51.8 Å². The second kappa shape index (κ2) is 2.25. The normalized spacial score (nSPS) is 9.12. The van der Waals surface area contributed by atoms with Gasteiger partial charge in [-0.15, -0.1) is 0 Å². The number of nitrogens with two attached hydrogens (primary N) is 1. The average Bonchev–Trinajstić information content (AvgIpc) is 1.77. The van der Waals surface area contributed by atoms with Crippen LogP contribution in [-0.2, 0) is 0 Å². The van der Waals surface area contributed by atoms with Gasteiger partial charge in [0.15, 0.2) is 3.83 Å². The second-order valence-corrected chi connectivity index (χ2v) is 2.25. The molecule has 1 heterocycles. The fraction of sp³-hybridized carbons (Fsp3) is 0. The molecule has 0 bridgehead atoms. The monoisotopic (exact) mass is 221 g/mol. The number of hydrogen-bond acceptors (Lipinski definition) is 3. The molecule has 1 aromatic heterocycles. The number of rotatable bonds is 0. The zero-order chi connectivity index (χ0) is 5.98. The van der Waals surface area contributed by atoms with Gasteiger partial charge in [0.1, 0.15) is 0 Å². The van der Waals surface area contributed by atoms with Gasteiger partial charge in [-0.2, -0.15) is 0 Å². The minimum absolute atomic E-state index is 0.602. The van der Waals surface area contributed by atoms with Crippen molar-refractivity contribution in [1.29, 1.82) is 0 Å². The summed E-state index contributed by atoms with van der Waals surface area (Å²) in [7, 11) is 0. The molecule has 0 fully saturated rings. The molecule has 0 aliphatic rings. The number of anilines is 1. The third-order valence-electron chi connectivity index (χ3n) is 0.640. The first-order valence-corrected chi connectivity index (χ1v) is 3.10. The number of nitrogens with zero attached hydrogens (tertiary/aromatic N) is 2. The molecule has 4 heteroatoms. The van der Waals surface area contributed by atoms with Crippen molar-refractivity contribution in [3.8, 4) is 0 Å². The van der Waals surface area contributed by atoms with Gasteiger partial charge in [0.25, 0.3) is 0 Å². The van der Waals surface area contributed by atoms with Gasteiger partial charge in [-0.25, -0.2) is 9.97 Å². The first-order valence-electron chi connectivity index (χ1n) is 2.02. The van der Waals surface area contributed by atoms with Gasteiger partial charge in [0.05, 0.1) is 18.1 Å². The molecule has 1 rings (SSSR count). The van der Waals surface area contributed by atoms with E-state index in [4.69, 9.17) is 5.73 Å². The summed E-state index contributed by atoms with van der Waals surface area (Å²) in [4.78, 5) is 7.66. The molecule has 0 saturated carbocycles. The van der Waals surface area contributed by atoms with Gasteiger partial charge in [-0.3, -0.25) is 0 Å². The summed E-state index contributed by atoms with van der Waals surface area (Å²) in [5.41, 5.74) is 5.90. The zero-order valence-corrected chi connectivity index (χ0v) is 6.16. The number of nitrogen functional groups attached to an aromatic ring is 1. The summed E-state index contributed by atoms with van der Waals surface area (Å²) in [5.74, 6) is 0. The number of aromatic nitrogens is 2. The smallest absolute Gasteiger partial charge is 0.190 e. The quantitative estimate of drug-likeness (QED) is 0.517. The van der Waals surface area contributed by atoms with E-state index in [9.17, 15) is 0 Å². The lowest BCUT2D eigenvalue weighted by molar-refractivity contribution is 1.11. The van der Waals surface area contributed by atoms with Crippen molar-refractivity contribution in [2.24, 2.45) is 0 Å². The minimum Gasteiger partial charge on any atom is -0.396 e. The predicted molar refractivity (Wildman–Crippen MR) is 39.2 cm³/mol. The Balaban J connectivity index is 3.03. The van der Waals surface area contributed by atoms with Crippen LogP contribution < -0.4 is 5.73 Å². The lowest BCUT2D eigenvalue weighted by atomic mass is 10.6. The van der Waals surface area contributed by atoms with E-state index in [2.05, 4.69) is 9.97 Å². The third kappa shape index (κ3) is 1.29. The molecule has 8 heavy (non-hydrogen) atoms. The maximum absolute atomic E-state index is 5.30. The molecule has 0 amide bonds. The number of hydrogen-bond donors (Lipinski definition) is 1. The van der Waals surface area contributed by atoms with Crippen molar-refractivity contribution in [3.63, 3.8) is 0 Å². The highest BCUT2D eigenvalue weighted by Crippen LogP contribution is 1.97. The molecule has 1 aromatic rings. The van der Waals surface area contributed by atoms with Gasteiger partial charge in [0.2, 0.25) is 0 Å². The van der Waals surface area contributed by atoms with Gasteiger partial charge in [0, 0.05) is 22.6 Å². The SMILES string of the molecule is Nc1cnc(I)nc1. The lowest BCUT2D eigenvalue weighted by Crippen LogP contribution is -1.89. The molecule has 0 spiro atoms.